The van der Waals surface area contributed by atoms with Crippen LogP contribution in [0.15, 0.2) is 216 Å². The summed E-state index contributed by atoms with van der Waals surface area (Å²) in [6.07, 6.45) is 6.99. The van der Waals surface area contributed by atoms with Crippen LogP contribution < -0.4 is 14.4 Å². The highest BCUT2D eigenvalue weighted by atomic mass is 16.6. The average molecular weight is 847 g/mol. The monoisotopic (exact) mass is 846 g/mol. The van der Waals surface area contributed by atoms with E-state index in [-0.39, 0.29) is 0 Å². The van der Waals surface area contributed by atoms with Gasteiger partial charge in [0.05, 0.1) is 22.1 Å². The number of rotatable bonds is 4. The zero-order valence-electron chi connectivity index (χ0n) is 35.7. The summed E-state index contributed by atoms with van der Waals surface area (Å²) in [6.45, 7) is 0. The molecule has 0 fully saturated rings. The minimum absolute atomic E-state index is 0.442. The Balaban J connectivity index is 0.909. The largest absolute Gasteiger partial charge is 0.456 e. The Morgan fingerprint density at radius 1 is 0.439 bits per heavy atom. The Morgan fingerprint density at radius 2 is 1.09 bits per heavy atom. The molecule has 5 nitrogen and oxygen atoms in total. The number of aromatic nitrogens is 1. The molecule has 0 N–H and O–H groups in total. The van der Waals surface area contributed by atoms with Crippen LogP contribution >= 0.6 is 0 Å². The Kier molecular flexibility index (Phi) is 7.20. The Hall–Kier alpha value is -8.54. The maximum Gasteiger partial charge on any atom is 0.178 e. The van der Waals surface area contributed by atoms with Gasteiger partial charge in [0.25, 0.3) is 0 Å². The average Bonchev–Trinajstić information content (AvgIpc) is 4.10. The summed E-state index contributed by atoms with van der Waals surface area (Å²) in [4.78, 5) is 2.29. The molecule has 1 aliphatic heterocycles. The van der Waals surface area contributed by atoms with Crippen LogP contribution in [0.5, 0.6) is 23.0 Å². The normalized spacial score (nSPS) is 16.2. The standard InChI is InChI=1S/C61H38N2O3/c1-7-22-48-41(16-1)42-17-2-8-23-49(42)61(48)50-24-9-3-21-47(50)59-51(61)31-33-56-60(59)66-58-36-40(29-32-55(58)65-56)62(39-28-30-46-45-20-6-12-27-54(45)64-57(46)35-39)37-14-13-15-38(34-37)63-52-25-10-4-18-43(52)44-19-5-11-26-53(44)63/h1,3-7,9-36H,2,8H2. The van der Waals surface area contributed by atoms with Gasteiger partial charge in [-0.1, -0.05) is 127 Å². The topological polar surface area (TPSA) is 39.8 Å². The molecule has 9 aromatic carbocycles. The summed E-state index contributed by atoms with van der Waals surface area (Å²) in [6, 6.07) is 69.4. The van der Waals surface area contributed by atoms with Gasteiger partial charge in [0, 0.05) is 56.3 Å². The predicted molar refractivity (Wildman–Crippen MR) is 266 cm³/mol. The van der Waals surface area contributed by atoms with Crippen molar-refractivity contribution in [1.29, 1.82) is 0 Å². The van der Waals surface area contributed by atoms with Crippen molar-refractivity contribution in [3.05, 3.63) is 234 Å². The van der Waals surface area contributed by atoms with Crippen molar-refractivity contribution >= 4 is 66.4 Å². The van der Waals surface area contributed by atoms with E-state index in [2.05, 4.69) is 198 Å². The molecule has 0 bridgehead atoms. The summed E-state index contributed by atoms with van der Waals surface area (Å²) in [5.41, 5.74) is 17.7. The molecule has 66 heavy (non-hydrogen) atoms. The number of benzene rings is 9. The van der Waals surface area contributed by atoms with Crippen molar-refractivity contribution in [3.8, 4) is 39.8 Å². The third-order valence-electron chi connectivity index (χ3n) is 14.5. The van der Waals surface area contributed by atoms with Crippen molar-refractivity contribution in [2.24, 2.45) is 0 Å². The third kappa shape index (κ3) is 4.73. The van der Waals surface area contributed by atoms with Crippen LogP contribution in [0, 0.1) is 0 Å². The summed E-state index contributed by atoms with van der Waals surface area (Å²) < 4.78 is 23.0. The lowest BCUT2D eigenvalue weighted by Gasteiger charge is -2.32. The van der Waals surface area contributed by atoms with Crippen molar-refractivity contribution in [2.45, 2.75) is 18.3 Å². The summed E-state index contributed by atoms with van der Waals surface area (Å²) in [7, 11) is 0. The van der Waals surface area contributed by atoms with Gasteiger partial charge in [0.2, 0.25) is 0 Å². The number of hydrogen-bond acceptors (Lipinski definition) is 4. The van der Waals surface area contributed by atoms with E-state index in [4.69, 9.17) is 13.9 Å². The molecule has 0 saturated heterocycles. The van der Waals surface area contributed by atoms with Crippen LogP contribution in [-0.4, -0.2) is 4.57 Å². The lowest BCUT2D eigenvalue weighted by Crippen LogP contribution is -2.26. The highest BCUT2D eigenvalue weighted by molar-refractivity contribution is 6.10. The van der Waals surface area contributed by atoms with E-state index in [1.165, 1.54) is 49.7 Å². The van der Waals surface area contributed by atoms with E-state index in [1.807, 2.05) is 18.2 Å². The van der Waals surface area contributed by atoms with Crippen LogP contribution in [0.1, 0.15) is 35.1 Å². The number of nitrogens with zero attached hydrogens (tertiary/aromatic N) is 2. The smallest absolute Gasteiger partial charge is 0.178 e. The second kappa shape index (κ2) is 13.3. The molecular weight excluding hydrogens is 809 g/mol. The van der Waals surface area contributed by atoms with Crippen molar-refractivity contribution < 1.29 is 13.9 Å². The van der Waals surface area contributed by atoms with Gasteiger partial charge in [0.15, 0.2) is 23.0 Å². The molecule has 0 saturated carbocycles. The number of para-hydroxylation sites is 3. The molecule has 15 rings (SSSR count). The van der Waals surface area contributed by atoms with Crippen LogP contribution in [0.4, 0.5) is 17.1 Å². The molecule has 1 unspecified atom stereocenters. The maximum absolute atomic E-state index is 7.25. The fraction of sp³-hybridized carbons (Fsp3) is 0.0492. The fourth-order valence-electron chi connectivity index (χ4n) is 11.9. The molecule has 11 aromatic rings. The molecule has 4 aliphatic rings. The van der Waals surface area contributed by atoms with E-state index >= 15 is 0 Å². The SMILES string of the molecule is C1=C2C(=CCC1)C1(c3ccccc32)c2ccccc2-c2c1ccc1c2Oc2cc(N(c3cccc(-n4c5ccccc5c5ccccc54)c3)c3ccc4c(c3)oc3ccccc34)ccc2O1. The summed E-state index contributed by atoms with van der Waals surface area (Å²) in [5.74, 6) is 2.79. The lowest BCUT2D eigenvalue weighted by molar-refractivity contribution is 0.360. The third-order valence-corrected chi connectivity index (χ3v) is 14.5. The van der Waals surface area contributed by atoms with E-state index in [9.17, 15) is 0 Å². The van der Waals surface area contributed by atoms with E-state index in [0.717, 1.165) is 79.9 Å². The molecule has 310 valence electrons. The second-order valence-corrected chi connectivity index (χ2v) is 17.8. The van der Waals surface area contributed by atoms with Crippen LogP contribution in [-0.2, 0) is 5.41 Å². The zero-order chi connectivity index (χ0) is 43.1. The number of ether oxygens (including phenoxy) is 2. The van der Waals surface area contributed by atoms with Crippen molar-refractivity contribution in [2.75, 3.05) is 4.90 Å². The van der Waals surface area contributed by atoms with E-state index in [0.29, 0.717) is 17.2 Å². The molecule has 1 spiro atoms. The van der Waals surface area contributed by atoms with Crippen molar-refractivity contribution in [1.82, 2.24) is 4.57 Å². The number of fused-ring (bicyclic) bond motifs is 19. The Labute approximate surface area is 380 Å². The fourth-order valence-corrected chi connectivity index (χ4v) is 11.9. The van der Waals surface area contributed by atoms with Gasteiger partial charge in [-0.3, -0.25) is 0 Å². The van der Waals surface area contributed by atoms with Gasteiger partial charge in [-0.15, -0.1) is 0 Å². The van der Waals surface area contributed by atoms with Gasteiger partial charge in [-0.2, -0.15) is 0 Å². The molecule has 2 aromatic heterocycles. The minimum Gasteiger partial charge on any atom is -0.456 e. The first kappa shape index (κ1) is 35.9. The highest BCUT2D eigenvalue weighted by Crippen LogP contribution is 2.67. The van der Waals surface area contributed by atoms with Crippen molar-refractivity contribution in [3.63, 3.8) is 0 Å². The highest BCUT2D eigenvalue weighted by Gasteiger charge is 2.54. The molecule has 0 amide bonds. The molecule has 3 aliphatic carbocycles. The van der Waals surface area contributed by atoms with Crippen LogP contribution in [0.3, 0.4) is 0 Å². The Morgan fingerprint density at radius 3 is 1.94 bits per heavy atom. The summed E-state index contributed by atoms with van der Waals surface area (Å²) in [5, 5.41) is 4.63. The van der Waals surface area contributed by atoms with Gasteiger partial charge < -0.3 is 23.4 Å². The molecular formula is C61H38N2O3. The van der Waals surface area contributed by atoms with Gasteiger partial charge in [-0.05, 0) is 119 Å². The lowest BCUT2D eigenvalue weighted by atomic mass is 9.69. The first-order valence-corrected chi connectivity index (χ1v) is 22.8. The predicted octanol–water partition coefficient (Wildman–Crippen LogP) is 16.5. The first-order valence-electron chi connectivity index (χ1n) is 22.8. The number of furan rings is 1. The molecule has 0 radical (unpaired) electrons. The quantitative estimate of drug-likeness (QED) is 0.177. The number of anilines is 3. The maximum atomic E-state index is 7.25. The van der Waals surface area contributed by atoms with Gasteiger partial charge in [0.1, 0.15) is 11.2 Å². The second-order valence-electron chi connectivity index (χ2n) is 17.8. The molecule has 1 atom stereocenters. The van der Waals surface area contributed by atoms with E-state index in [1.54, 1.807) is 0 Å². The first-order chi connectivity index (χ1) is 32.7. The Bertz CT molecular complexity index is 3920. The number of hydrogen-bond donors (Lipinski definition) is 0. The summed E-state index contributed by atoms with van der Waals surface area (Å²) >= 11 is 0. The van der Waals surface area contributed by atoms with Gasteiger partial charge in [-0.25, -0.2) is 0 Å². The number of allylic oxidation sites excluding steroid dienone is 4. The zero-order valence-corrected chi connectivity index (χ0v) is 35.7. The van der Waals surface area contributed by atoms with E-state index < -0.39 is 5.41 Å². The van der Waals surface area contributed by atoms with Crippen LogP contribution in [0.2, 0.25) is 0 Å². The molecule has 5 heteroatoms. The van der Waals surface area contributed by atoms with Crippen LogP contribution in [0.25, 0.3) is 66.1 Å². The minimum atomic E-state index is -0.442. The molecule has 3 heterocycles. The van der Waals surface area contributed by atoms with Gasteiger partial charge >= 0.3 is 0 Å².